The molecule has 4 heteroatoms. The van der Waals surface area contributed by atoms with Crippen molar-refractivity contribution in [3.63, 3.8) is 0 Å². The fraction of sp³-hybridized carbons (Fsp3) is 0.226. The molecule has 0 unspecified atom stereocenters. The fourth-order valence-electron chi connectivity index (χ4n) is 12.1. The second-order valence-electron chi connectivity index (χ2n) is 22.5. The topological polar surface area (TPSA) is 30.1 Å². The smallest absolute Gasteiger partial charge is 0.198 e. The molecule has 0 saturated heterocycles. The van der Waals surface area contributed by atoms with Gasteiger partial charge in [-0.15, -0.1) is 0 Å². The number of hydrogen-bond acceptors (Lipinski definition) is 2. The van der Waals surface area contributed by atoms with Crippen LogP contribution in [0.4, 0.5) is 11.4 Å². The molecule has 1 radical (unpaired) electrons. The van der Waals surface area contributed by atoms with E-state index in [-0.39, 0.29) is 21.7 Å². The number of furan rings is 1. The monoisotopic (exact) mass is 853 g/mol. The van der Waals surface area contributed by atoms with Crippen LogP contribution >= 0.6 is 0 Å². The van der Waals surface area contributed by atoms with Gasteiger partial charge < -0.3 is 14.3 Å². The Balaban J connectivity index is 1.19. The van der Waals surface area contributed by atoms with Crippen LogP contribution in [0.15, 0.2) is 144 Å². The van der Waals surface area contributed by atoms with Gasteiger partial charge in [0.2, 0.25) is 0 Å². The van der Waals surface area contributed by atoms with Crippen molar-refractivity contribution in [3.8, 4) is 39.1 Å². The van der Waals surface area contributed by atoms with E-state index in [1.54, 1.807) is 0 Å². The van der Waals surface area contributed by atoms with Crippen molar-refractivity contribution in [2.45, 2.75) is 90.9 Å². The van der Waals surface area contributed by atoms with Crippen LogP contribution in [0.25, 0.3) is 82.8 Å². The highest BCUT2D eigenvalue weighted by Gasteiger charge is 2.40. The van der Waals surface area contributed by atoms with Crippen molar-refractivity contribution in [1.29, 1.82) is 0 Å². The first kappa shape index (κ1) is 39.6. The Morgan fingerprint density at radius 2 is 1.14 bits per heavy atom. The number of fused-ring (bicyclic) bond motifs is 15. The van der Waals surface area contributed by atoms with E-state index < -0.39 is 0 Å². The summed E-state index contributed by atoms with van der Waals surface area (Å²) in [6, 6.07) is 52.8. The minimum atomic E-state index is -0.211. The van der Waals surface area contributed by atoms with Crippen molar-refractivity contribution in [2.24, 2.45) is 0 Å². The number of para-hydroxylation sites is 1. The summed E-state index contributed by atoms with van der Waals surface area (Å²) in [6.45, 7) is 23.3. The molecular formula is C62H54BN2O. The molecule has 66 heavy (non-hydrogen) atoms. The summed E-state index contributed by atoms with van der Waals surface area (Å²) in [6.07, 6.45) is 0. The average Bonchev–Trinajstić information content (AvgIpc) is 3.97. The maximum Gasteiger partial charge on any atom is 0.198 e. The van der Waals surface area contributed by atoms with Gasteiger partial charge in [-0.1, -0.05) is 166 Å². The molecule has 1 aliphatic heterocycles. The number of nitrogens with zero attached hydrogens (tertiary/aromatic N) is 1. The number of aromatic nitrogens is 1. The summed E-state index contributed by atoms with van der Waals surface area (Å²) >= 11 is 0. The number of rotatable bonds is 3. The van der Waals surface area contributed by atoms with Crippen LogP contribution in [-0.2, 0) is 21.7 Å². The number of benzene rings is 8. The minimum absolute atomic E-state index is 0.0380. The van der Waals surface area contributed by atoms with E-state index in [0.717, 1.165) is 39.1 Å². The Bertz CT molecular complexity index is 3770. The zero-order valence-electron chi connectivity index (χ0n) is 39.7. The predicted octanol–water partition coefficient (Wildman–Crippen LogP) is 15.3. The Labute approximate surface area is 388 Å². The Morgan fingerprint density at radius 1 is 0.530 bits per heavy atom. The summed E-state index contributed by atoms with van der Waals surface area (Å²) in [5, 5.41) is 8.84. The molecular weight excluding hydrogens is 800 g/mol. The van der Waals surface area contributed by atoms with E-state index in [9.17, 15) is 0 Å². The van der Waals surface area contributed by atoms with Crippen molar-refractivity contribution >= 4 is 73.3 Å². The Morgan fingerprint density at radius 3 is 1.82 bits per heavy atom. The fourth-order valence-corrected chi connectivity index (χ4v) is 12.1. The molecule has 2 aliphatic carbocycles. The third-order valence-electron chi connectivity index (χ3n) is 15.7. The van der Waals surface area contributed by atoms with Crippen LogP contribution in [0, 0.1) is 0 Å². The first-order chi connectivity index (χ1) is 31.5. The standard InChI is InChI=1S/C62H54BN2O/c1-59(2,3)34-23-26-36(27-24-34)64-49-31-40-37-17-11-14-20-44(37)61(7,8)46(40)30-42(49)55-56-57-53(54-39-19-13-16-22-52(39)66-58(54)55)43-29-35(60(4,5)6)25-28-50(43)65(57)51-32-41-38-18-12-15-21-45(38)62(9,10)47(41)33-48(51)63-56/h11-33,64H,1-10H3. The summed E-state index contributed by atoms with van der Waals surface area (Å²) in [4.78, 5) is 0. The normalized spacial score (nSPS) is 15.2. The molecule has 3 aliphatic rings. The van der Waals surface area contributed by atoms with Crippen molar-refractivity contribution in [1.82, 2.24) is 4.57 Å². The van der Waals surface area contributed by atoms with Gasteiger partial charge in [0, 0.05) is 66.1 Å². The minimum Gasteiger partial charge on any atom is -0.455 e. The third kappa shape index (κ3) is 5.27. The van der Waals surface area contributed by atoms with E-state index in [2.05, 4.69) is 226 Å². The third-order valence-corrected chi connectivity index (χ3v) is 15.7. The lowest BCUT2D eigenvalue weighted by atomic mass is 9.58. The molecule has 0 amide bonds. The quantitative estimate of drug-likeness (QED) is 0.180. The molecule has 0 bridgehead atoms. The van der Waals surface area contributed by atoms with Gasteiger partial charge in [-0.2, -0.15) is 0 Å². The van der Waals surface area contributed by atoms with Gasteiger partial charge in [0.15, 0.2) is 7.28 Å². The van der Waals surface area contributed by atoms with Gasteiger partial charge in [0.1, 0.15) is 11.2 Å². The molecule has 10 aromatic rings. The molecule has 3 heterocycles. The SMILES string of the molecule is CC(C)(C)c1ccc(Nc2cc3c(cc2-c2c4c5c(c6cc(C(C)(C)C)ccc6n5-c5cc6c(cc5[B]4)C(C)(C)c4ccccc4-6)c4c2oc2ccccc24)C(C)(C)c2ccccc2-3)cc1. The van der Waals surface area contributed by atoms with Crippen LogP contribution in [0.2, 0.25) is 0 Å². The molecule has 0 spiro atoms. The highest BCUT2D eigenvalue weighted by atomic mass is 16.3. The van der Waals surface area contributed by atoms with Gasteiger partial charge in [0.05, 0.1) is 5.52 Å². The maximum absolute atomic E-state index is 7.34. The predicted molar refractivity (Wildman–Crippen MR) is 281 cm³/mol. The molecule has 0 saturated carbocycles. The van der Waals surface area contributed by atoms with Gasteiger partial charge >= 0.3 is 0 Å². The Hall–Kier alpha value is -6.78. The largest absolute Gasteiger partial charge is 0.455 e. The molecule has 321 valence electrons. The second-order valence-corrected chi connectivity index (χ2v) is 22.5. The number of nitrogens with one attached hydrogen (secondary N) is 1. The van der Waals surface area contributed by atoms with Crippen molar-refractivity contribution < 1.29 is 4.42 Å². The number of hydrogen-bond donors (Lipinski definition) is 1. The molecule has 13 rings (SSSR count). The van der Waals surface area contributed by atoms with Crippen LogP contribution in [0.1, 0.15) is 103 Å². The molecule has 8 aromatic carbocycles. The lowest BCUT2D eigenvalue weighted by molar-refractivity contribution is 0.590. The van der Waals surface area contributed by atoms with Gasteiger partial charge in [-0.3, -0.25) is 0 Å². The lowest BCUT2D eigenvalue weighted by Gasteiger charge is -2.28. The van der Waals surface area contributed by atoms with Crippen LogP contribution < -0.4 is 16.2 Å². The molecule has 3 nitrogen and oxygen atoms in total. The first-order valence-electron chi connectivity index (χ1n) is 23.8. The maximum atomic E-state index is 7.34. The van der Waals surface area contributed by atoms with Crippen LogP contribution in [0.3, 0.4) is 0 Å². The molecule has 1 N–H and O–H groups in total. The highest BCUT2D eigenvalue weighted by molar-refractivity contribution is 6.74. The summed E-state index contributed by atoms with van der Waals surface area (Å²) < 4.78 is 9.94. The zero-order valence-corrected chi connectivity index (χ0v) is 39.7. The van der Waals surface area contributed by atoms with Crippen molar-refractivity contribution in [3.05, 3.63) is 173 Å². The lowest BCUT2D eigenvalue weighted by Crippen LogP contribution is -2.38. The van der Waals surface area contributed by atoms with E-state index >= 15 is 0 Å². The zero-order chi connectivity index (χ0) is 45.4. The van der Waals surface area contributed by atoms with E-state index in [1.165, 1.54) is 99.4 Å². The van der Waals surface area contributed by atoms with Gasteiger partial charge in [-0.05, 0) is 120 Å². The van der Waals surface area contributed by atoms with E-state index in [1.807, 2.05) is 0 Å². The summed E-state index contributed by atoms with van der Waals surface area (Å²) in [7, 11) is 2.50. The summed E-state index contributed by atoms with van der Waals surface area (Å²) in [5.41, 5.74) is 25.2. The van der Waals surface area contributed by atoms with Gasteiger partial charge in [-0.25, -0.2) is 0 Å². The first-order valence-corrected chi connectivity index (χ1v) is 23.8. The molecule has 0 atom stereocenters. The van der Waals surface area contributed by atoms with Crippen LogP contribution in [-0.4, -0.2) is 11.8 Å². The second kappa shape index (κ2) is 13.0. The van der Waals surface area contributed by atoms with E-state index in [4.69, 9.17) is 4.42 Å². The van der Waals surface area contributed by atoms with E-state index in [0.29, 0.717) is 0 Å². The Kier molecular flexibility index (Phi) is 7.78. The average molecular weight is 854 g/mol. The van der Waals surface area contributed by atoms with Gasteiger partial charge in [0.25, 0.3) is 0 Å². The highest BCUT2D eigenvalue weighted by Crippen LogP contribution is 2.55. The summed E-state index contributed by atoms with van der Waals surface area (Å²) in [5.74, 6) is 0. The molecule has 0 fully saturated rings. The van der Waals surface area contributed by atoms with Crippen LogP contribution in [0.5, 0.6) is 0 Å². The molecule has 2 aromatic heterocycles. The number of anilines is 2. The van der Waals surface area contributed by atoms with Crippen molar-refractivity contribution in [2.75, 3.05) is 5.32 Å².